The molecule has 1 rings (SSSR count). The lowest BCUT2D eigenvalue weighted by molar-refractivity contribution is -0.119. The van der Waals surface area contributed by atoms with Gasteiger partial charge in [0.1, 0.15) is 6.04 Å². The molecule has 0 radical (unpaired) electrons. The van der Waals surface area contributed by atoms with Gasteiger partial charge in [-0.3, -0.25) is 15.1 Å². The molecule has 0 aromatic carbocycles. The molecule has 1 aliphatic heterocycles. The summed E-state index contributed by atoms with van der Waals surface area (Å²) in [6.45, 7) is 6.73. The number of rotatable bonds is 2. The van der Waals surface area contributed by atoms with Crippen LogP contribution >= 0.6 is 0 Å². The van der Waals surface area contributed by atoms with Crippen LogP contribution in [0.3, 0.4) is 0 Å². The van der Waals surface area contributed by atoms with Gasteiger partial charge in [-0.2, -0.15) is 0 Å². The molecule has 0 aromatic heterocycles. The summed E-state index contributed by atoms with van der Waals surface area (Å²) in [5.41, 5.74) is 0. The minimum Gasteiger partial charge on any atom is -0.345 e. The fourth-order valence-electron chi connectivity index (χ4n) is 0.891. The summed E-state index contributed by atoms with van der Waals surface area (Å²) in [4.78, 5) is 15.2. The SMILES string of the molecule is CC(C)CN=C1NC(=O)C(C)N1. The highest BCUT2D eigenvalue weighted by Crippen LogP contribution is 1.95. The van der Waals surface area contributed by atoms with Gasteiger partial charge in [-0.25, -0.2) is 0 Å². The molecule has 1 atom stereocenters. The first-order chi connectivity index (χ1) is 5.59. The van der Waals surface area contributed by atoms with Crippen molar-refractivity contribution in [2.24, 2.45) is 10.9 Å². The highest BCUT2D eigenvalue weighted by molar-refractivity contribution is 6.06. The maximum Gasteiger partial charge on any atom is 0.248 e. The van der Waals surface area contributed by atoms with Gasteiger partial charge >= 0.3 is 0 Å². The Labute approximate surface area is 72.4 Å². The normalized spacial score (nSPS) is 26.2. The van der Waals surface area contributed by atoms with Crippen molar-refractivity contribution in [3.8, 4) is 0 Å². The quantitative estimate of drug-likeness (QED) is 0.616. The van der Waals surface area contributed by atoms with E-state index in [-0.39, 0.29) is 11.9 Å². The highest BCUT2D eigenvalue weighted by atomic mass is 16.2. The molecule has 1 saturated heterocycles. The van der Waals surface area contributed by atoms with E-state index in [2.05, 4.69) is 29.5 Å². The first kappa shape index (κ1) is 9.03. The number of hydrogen-bond donors (Lipinski definition) is 2. The number of carbonyl (C=O) groups is 1. The third-order valence-electron chi connectivity index (χ3n) is 1.60. The van der Waals surface area contributed by atoms with Crippen molar-refractivity contribution in [3.05, 3.63) is 0 Å². The lowest BCUT2D eigenvalue weighted by atomic mass is 10.2. The maximum atomic E-state index is 11.0. The topological polar surface area (TPSA) is 53.5 Å². The van der Waals surface area contributed by atoms with Crippen molar-refractivity contribution in [3.63, 3.8) is 0 Å². The Morgan fingerprint density at radius 3 is 2.67 bits per heavy atom. The van der Waals surface area contributed by atoms with Gasteiger partial charge < -0.3 is 5.32 Å². The zero-order chi connectivity index (χ0) is 9.14. The van der Waals surface area contributed by atoms with E-state index in [0.29, 0.717) is 11.9 Å². The first-order valence-electron chi connectivity index (χ1n) is 4.21. The molecule has 2 N–H and O–H groups in total. The molecule has 0 spiro atoms. The number of aliphatic imine (C=N–C) groups is 1. The monoisotopic (exact) mass is 169 g/mol. The van der Waals surface area contributed by atoms with Gasteiger partial charge in [-0.15, -0.1) is 0 Å². The summed E-state index contributed by atoms with van der Waals surface area (Å²) in [6, 6.07) is -0.143. The maximum absolute atomic E-state index is 11.0. The highest BCUT2D eigenvalue weighted by Gasteiger charge is 2.22. The van der Waals surface area contributed by atoms with E-state index in [1.807, 2.05) is 6.92 Å². The molecular formula is C8H15N3O. The van der Waals surface area contributed by atoms with Crippen molar-refractivity contribution in [2.75, 3.05) is 6.54 Å². The van der Waals surface area contributed by atoms with Crippen molar-refractivity contribution in [1.29, 1.82) is 0 Å². The lowest BCUT2D eigenvalue weighted by Gasteiger charge is -2.01. The molecule has 68 valence electrons. The Balaban J connectivity index is 2.45. The summed E-state index contributed by atoms with van der Waals surface area (Å²) in [6.07, 6.45) is 0. The molecule has 0 aromatic rings. The number of guanidine groups is 1. The molecule has 1 fully saturated rings. The molecule has 1 unspecified atom stereocenters. The first-order valence-corrected chi connectivity index (χ1v) is 4.21. The standard InChI is InChI=1S/C8H15N3O/c1-5(2)4-9-8-10-6(3)7(12)11-8/h5-6H,4H2,1-3H3,(H2,9,10,11,12). The zero-order valence-electron chi connectivity index (χ0n) is 7.72. The average molecular weight is 169 g/mol. The van der Waals surface area contributed by atoms with Crippen LogP contribution in [0.25, 0.3) is 0 Å². The van der Waals surface area contributed by atoms with E-state index in [9.17, 15) is 4.79 Å². The summed E-state index contributed by atoms with van der Waals surface area (Å²) >= 11 is 0. The van der Waals surface area contributed by atoms with Gasteiger partial charge in [0.2, 0.25) is 5.91 Å². The molecule has 1 heterocycles. The van der Waals surface area contributed by atoms with E-state index < -0.39 is 0 Å². The summed E-state index contributed by atoms with van der Waals surface area (Å²) < 4.78 is 0. The van der Waals surface area contributed by atoms with Crippen LogP contribution in [0.2, 0.25) is 0 Å². The van der Waals surface area contributed by atoms with Gasteiger partial charge in [0.05, 0.1) is 0 Å². The van der Waals surface area contributed by atoms with E-state index in [0.717, 1.165) is 6.54 Å². The van der Waals surface area contributed by atoms with Crippen LogP contribution in [0.5, 0.6) is 0 Å². The number of nitrogens with zero attached hydrogens (tertiary/aromatic N) is 1. The van der Waals surface area contributed by atoms with Crippen LogP contribution in [0.1, 0.15) is 20.8 Å². The largest absolute Gasteiger partial charge is 0.345 e. The minimum absolute atomic E-state index is 0.00231. The van der Waals surface area contributed by atoms with Gasteiger partial charge in [-0.1, -0.05) is 13.8 Å². The van der Waals surface area contributed by atoms with Gasteiger partial charge in [0.15, 0.2) is 5.96 Å². The van der Waals surface area contributed by atoms with Crippen LogP contribution in [0.4, 0.5) is 0 Å². The number of nitrogens with one attached hydrogen (secondary N) is 2. The predicted molar refractivity (Wildman–Crippen MR) is 47.9 cm³/mol. The van der Waals surface area contributed by atoms with Crippen LogP contribution in [0, 0.1) is 5.92 Å². The van der Waals surface area contributed by atoms with Crippen LogP contribution in [-0.2, 0) is 4.79 Å². The summed E-state index contributed by atoms with van der Waals surface area (Å²) in [5.74, 6) is 1.13. The Hall–Kier alpha value is -1.06. The second kappa shape index (κ2) is 3.56. The second-order valence-corrected chi connectivity index (χ2v) is 3.44. The van der Waals surface area contributed by atoms with E-state index in [4.69, 9.17) is 0 Å². The smallest absolute Gasteiger partial charge is 0.248 e. The Morgan fingerprint density at radius 1 is 1.58 bits per heavy atom. The fraction of sp³-hybridized carbons (Fsp3) is 0.750. The van der Waals surface area contributed by atoms with Crippen LogP contribution in [0.15, 0.2) is 4.99 Å². The number of amides is 1. The van der Waals surface area contributed by atoms with Crippen LogP contribution in [-0.4, -0.2) is 24.5 Å². The summed E-state index contributed by atoms with van der Waals surface area (Å²) in [5, 5.41) is 5.61. The average Bonchev–Trinajstić information content (AvgIpc) is 2.28. The van der Waals surface area contributed by atoms with Crippen LogP contribution < -0.4 is 10.6 Å². The van der Waals surface area contributed by atoms with Crippen molar-refractivity contribution >= 4 is 11.9 Å². The molecule has 0 bridgehead atoms. The second-order valence-electron chi connectivity index (χ2n) is 3.44. The molecular weight excluding hydrogens is 154 g/mol. The van der Waals surface area contributed by atoms with Crippen molar-refractivity contribution < 1.29 is 4.79 Å². The molecule has 1 aliphatic rings. The number of carbonyl (C=O) groups excluding carboxylic acids is 1. The number of hydrogen-bond acceptors (Lipinski definition) is 2. The molecule has 1 amide bonds. The van der Waals surface area contributed by atoms with Gasteiger partial charge in [-0.05, 0) is 12.8 Å². The van der Waals surface area contributed by atoms with E-state index >= 15 is 0 Å². The van der Waals surface area contributed by atoms with Crippen molar-refractivity contribution in [2.45, 2.75) is 26.8 Å². The third-order valence-corrected chi connectivity index (χ3v) is 1.60. The molecule has 4 nitrogen and oxygen atoms in total. The summed E-state index contributed by atoms with van der Waals surface area (Å²) in [7, 11) is 0. The van der Waals surface area contributed by atoms with Gasteiger partial charge in [0.25, 0.3) is 0 Å². The Morgan fingerprint density at radius 2 is 2.25 bits per heavy atom. The molecule has 0 aliphatic carbocycles. The van der Waals surface area contributed by atoms with Crippen molar-refractivity contribution in [1.82, 2.24) is 10.6 Å². The lowest BCUT2D eigenvalue weighted by Crippen LogP contribution is -2.26. The minimum atomic E-state index is -0.143. The zero-order valence-corrected chi connectivity index (χ0v) is 7.72. The third kappa shape index (κ3) is 2.22. The van der Waals surface area contributed by atoms with Gasteiger partial charge in [0, 0.05) is 6.54 Å². The Bertz CT molecular complexity index is 210. The molecule has 0 saturated carbocycles. The Kier molecular flexibility index (Phi) is 2.68. The fourth-order valence-corrected chi connectivity index (χ4v) is 0.891. The molecule has 4 heteroatoms. The van der Waals surface area contributed by atoms with E-state index in [1.54, 1.807) is 0 Å². The molecule has 12 heavy (non-hydrogen) atoms. The predicted octanol–water partition coefficient (Wildman–Crippen LogP) is 0.106. The van der Waals surface area contributed by atoms with E-state index in [1.165, 1.54) is 0 Å².